The Morgan fingerprint density at radius 1 is 1.55 bits per heavy atom. The Hall–Kier alpha value is -0.960. The van der Waals surface area contributed by atoms with E-state index in [-0.39, 0.29) is 11.5 Å². The minimum absolute atomic E-state index is 0.0649. The van der Waals surface area contributed by atoms with Crippen LogP contribution in [0, 0.1) is 5.92 Å². The molecule has 7 nitrogen and oxygen atoms in total. The summed E-state index contributed by atoms with van der Waals surface area (Å²) >= 11 is 0. The van der Waals surface area contributed by atoms with Gasteiger partial charge in [-0.2, -0.15) is 5.10 Å². The van der Waals surface area contributed by atoms with Gasteiger partial charge in [-0.05, 0) is 32.4 Å². The smallest absolute Gasteiger partial charge is 0.243 e. The zero-order chi connectivity index (χ0) is 14.6. The summed E-state index contributed by atoms with van der Waals surface area (Å²) in [6.07, 6.45) is 4.43. The molecule has 1 fully saturated rings. The fourth-order valence-corrected chi connectivity index (χ4v) is 3.41. The number of aliphatic hydroxyl groups is 1. The number of likely N-dealkylation sites (tertiary alicyclic amines) is 1. The van der Waals surface area contributed by atoms with Crippen LogP contribution in [0.1, 0.15) is 12.8 Å². The molecule has 0 radical (unpaired) electrons. The largest absolute Gasteiger partial charge is 0.396 e. The Kier molecular flexibility index (Phi) is 5.14. The van der Waals surface area contributed by atoms with E-state index < -0.39 is 10.0 Å². The first-order valence-corrected chi connectivity index (χ1v) is 8.31. The first-order valence-electron chi connectivity index (χ1n) is 6.83. The van der Waals surface area contributed by atoms with Gasteiger partial charge in [0.2, 0.25) is 10.0 Å². The van der Waals surface area contributed by atoms with Gasteiger partial charge < -0.3 is 10.0 Å². The van der Waals surface area contributed by atoms with Crippen LogP contribution in [0.25, 0.3) is 0 Å². The monoisotopic (exact) mass is 302 g/mol. The highest BCUT2D eigenvalue weighted by molar-refractivity contribution is 7.89. The van der Waals surface area contributed by atoms with E-state index >= 15 is 0 Å². The highest BCUT2D eigenvalue weighted by Gasteiger charge is 2.23. The van der Waals surface area contributed by atoms with Gasteiger partial charge in [0.05, 0.1) is 6.20 Å². The third kappa shape index (κ3) is 4.02. The molecule has 1 aromatic rings. The summed E-state index contributed by atoms with van der Waals surface area (Å²) < 4.78 is 28.4. The number of nitrogens with one attached hydrogen (secondary N) is 1. The molecule has 0 bridgehead atoms. The minimum atomic E-state index is -3.48. The van der Waals surface area contributed by atoms with Crippen LogP contribution in [0.5, 0.6) is 0 Å². The number of aliphatic hydroxyl groups excluding tert-OH is 1. The quantitative estimate of drug-likeness (QED) is 0.709. The Bertz CT molecular complexity index is 529. The van der Waals surface area contributed by atoms with Crippen LogP contribution in [0.3, 0.4) is 0 Å². The molecule has 20 heavy (non-hydrogen) atoms. The summed E-state index contributed by atoms with van der Waals surface area (Å²) in [5.41, 5.74) is 0. The van der Waals surface area contributed by atoms with E-state index in [9.17, 15) is 8.42 Å². The maximum Gasteiger partial charge on any atom is 0.243 e. The van der Waals surface area contributed by atoms with Crippen molar-refractivity contribution in [1.29, 1.82) is 0 Å². The fraction of sp³-hybridized carbons (Fsp3) is 0.750. The lowest BCUT2D eigenvalue weighted by atomic mass is 10.1. The molecule has 0 spiro atoms. The van der Waals surface area contributed by atoms with Gasteiger partial charge in [-0.25, -0.2) is 13.1 Å². The van der Waals surface area contributed by atoms with Crippen molar-refractivity contribution in [2.75, 3.05) is 33.3 Å². The molecule has 0 amide bonds. The van der Waals surface area contributed by atoms with Crippen LogP contribution >= 0.6 is 0 Å². The van der Waals surface area contributed by atoms with Gasteiger partial charge in [-0.15, -0.1) is 0 Å². The van der Waals surface area contributed by atoms with Crippen LogP contribution in [-0.4, -0.2) is 61.5 Å². The Balaban J connectivity index is 1.90. The van der Waals surface area contributed by atoms with Crippen LogP contribution in [-0.2, 0) is 16.6 Å². The molecule has 2 N–H and O–H groups in total. The Morgan fingerprint density at radius 2 is 2.35 bits per heavy atom. The lowest BCUT2D eigenvalue weighted by Gasteiger charge is -2.11. The number of sulfonamides is 1. The van der Waals surface area contributed by atoms with Gasteiger partial charge in [0, 0.05) is 32.4 Å². The van der Waals surface area contributed by atoms with Crippen molar-refractivity contribution in [3.8, 4) is 0 Å². The van der Waals surface area contributed by atoms with Crippen LogP contribution in [0.2, 0.25) is 0 Å². The molecule has 114 valence electrons. The SMILES string of the molecule is CN1CCC(CNS(=O)(=O)c2cnn(CCCO)c2)C1. The third-order valence-electron chi connectivity index (χ3n) is 3.52. The van der Waals surface area contributed by atoms with Gasteiger partial charge in [0.15, 0.2) is 0 Å². The van der Waals surface area contributed by atoms with Crippen LogP contribution < -0.4 is 4.72 Å². The number of aromatic nitrogens is 2. The van der Waals surface area contributed by atoms with Gasteiger partial charge in [0.25, 0.3) is 0 Å². The van der Waals surface area contributed by atoms with Crippen molar-refractivity contribution in [2.24, 2.45) is 5.92 Å². The van der Waals surface area contributed by atoms with Crippen molar-refractivity contribution >= 4 is 10.0 Å². The molecule has 1 aliphatic rings. The third-order valence-corrected chi connectivity index (χ3v) is 4.89. The number of rotatable bonds is 7. The standard InChI is InChI=1S/C12H22N4O3S/c1-15-5-3-11(9-15)7-14-20(18,19)12-8-13-16(10-12)4-2-6-17/h8,10-11,14,17H,2-7,9H2,1H3. The average Bonchev–Trinajstić information content (AvgIpc) is 3.03. The van der Waals surface area contributed by atoms with E-state index in [1.807, 2.05) is 7.05 Å². The number of aryl methyl sites for hydroxylation is 1. The highest BCUT2D eigenvalue weighted by atomic mass is 32.2. The lowest BCUT2D eigenvalue weighted by molar-refractivity contribution is 0.277. The normalized spacial score (nSPS) is 20.6. The van der Waals surface area contributed by atoms with E-state index in [4.69, 9.17) is 5.11 Å². The van der Waals surface area contributed by atoms with Crippen molar-refractivity contribution in [2.45, 2.75) is 24.3 Å². The molecular formula is C12H22N4O3S. The summed E-state index contributed by atoms with van der Waals surface area (Å²) in [4.78, 5) is 2.38. The number of nitrogens with zero attached hydrogens (tertiary/aromatic N) is 3. The van der Waals surface area contributed by atoms with Gasteiger partial charge >= 0.3 is 0 Å². The predicted molar refractivity (Wildman–Crippen MR) is 74.7 cm³/mol. The summed E-state index contributed by atoms with van der Waals surface area (Å²) in [6, 6.07) is 0. The van der Waals surface area contributed by atoms with Crippen molar-refractivity contribution in [3.63, 3.8) is 0 Å². The maximum absolute atomic E-state index is 12.1. The molecule has 1 saturated heterocycles. The zero-order valence-corrected chi connectivity index (χ0v) is 12.5. The molecule has 1 atom stereocenters. The maximum atomic E-state index is 12.1. The summed E-state index contributed by atoms with van der Waals surface area (Å²) in [5, 5.41) is 12.7. The van der Waals surface area contributed by atoms with E-state index in [2.05, 4.69) is 14.7 Å². The lowest BCUT2D eigenvalue weighted by Crippen LogP contribution is -2.30. The molecule has 1 aliphatic heterocycles. The van der Waals surface area contributed by atoms with Crippen molar-refractivity contribution in [1.82, 2.24) is 19.4 Å². The van der Waals surface area contributed by atoms with Gasteiger partial charge in [0.1, 0.15) is 4.90 Å². The summed E-state index contributed by atoms with van der Waals surface area (Å²) in [5.74, 6) is 0.374. The summed E-state index contributed by atoms with van der Waals surface area (Å²) in [7, 11) is -1.44. The zero-order valence-electron chi connectivity index (χ0n) is 11.7. The van der Waals surface area contributed by atoms with E-state index in [1.165, 1.54) is 17.1 Å². The van der Waals surface area contributed by atoms with Crippen molar-refractivity contribution in [3.05, 3.63) is 12.4 Å². The molecule has 0 saturated carbocycles. The second-order valence-corrected chi connectivity index (χ2v) is 7.05. The molecule has 8 heteroatoms. The topological polar surface area (TPSA) is 87.5 Å². The highest BCUT2D eigenvalue weighted by Crippen LogP contribution is 2.14. The average molecular weight is 302 g/mol. The molecule has 0 aliphatic carbocycles. The molecular weight excluding hydrogens is 280 g/mol. The molecule has 1 aromatic heterocycles. The van der Waals surface area contributed by atoms with Gasteiger partial charge in [-0.1, -0.05) is 0 Å². The Morgan fingerprint density at radius 3 is 3.00 bits per heavy atom. The van der Waals surface area contributed by atoms with E-state index in [0.29, 0.717) is 25.4 Å². The second-order valence-electron chi connectivity index (χ2n) is 5.29. The van der Waals surface area contributed by atoms with Gasteiger partial charge in [-0.3, -0.25) is 4.68 Å². The summed E-state index contributed by atoms with van der Waals surface area (Å²) in [6.45, 7) is 2.99. The number of hydrogen-bond acceptors (Lipinski definition) is 5. The second kappa shape index (κ2) is 6.66. The van der Waals surface area contributed by atoms with Crippen LogP contribution in [0.15, 0.2) is 17.3 Å². The molecule has 0 aromatic carbocycles. The molecule has 1 unspecified atom stereocenters. The van der Waals surface area contributed by atoms with Crippen LogP contribution in [0.4, 0.5) is 0 Å². The molecule has 2 heterocycles. The Labute approximate surface area is 119 Å². The molecule has 2 rings (SSSR count). The first kappa shape index (κ1) is 15.4. The first-order chi connectivity index (χ1) is 9.51. The van der Waals surface area contributed by atoms with E-state index in [1.54, 1.807) is 0 Å². The number of hydrogen-bond donors (Lipinski definition) is 2. The van der Waals surface area contributed by atoms with Crippen molar-refractivity contribution < 1.29 is 13.5 Å². The minimum Gasteiger partial charge on any atom is -0.396 e. The fourth-order valence-electron chi connectivity index (χ4n) is 2.34. The van der Waals surface area contributed by atoms with E-state index in [0.717, 1.165) is 19.5 Å². The predicted octanol–water partition coefficient (Wildman–Crippen LogP) is -0.504.